The fourth-order valence-corrected chi connectivity index (χ4v) is 4.15. The van der Waals surface area contributed by atoms with Gasteiger partial charge in [0.05, 0.1) is 10.6 Å². The number of carbonyl (C=O) groups excluding carboxylic acids is 3. The number of hydrogen-bond acceptors (Lipinski definition) is 5. The summed E-state index contributed by atoms with van der Waals surface area (Å²) < 4.78 is 0. The lowest BCUT2D eigenvalue weighted by molar-refractivity contribution is -0.116. The van der Waals surface area contributed by atoms with Crippen LogP contribution in [0.1, 0.15) is 23.1 Å². The van der Waals surface area contributed by atoms with Gasteiger partial charge in [-0.15, -0.1) is 0 Å². The lowest BCUT2D eigenvalue weighted by Crippen LogP contribution is -2.21. The van der Waals surface area contributed by atoms with Gasteiger partial charge < -0.3 is 10.4 Å². The van der Waals surface area contributed by atoms with Gasteiger partial charge in [0.2, 0.25) is 5.91 Å². The highest BCUT2D eigenvalue weighted by Gasteiger charge is 2.31. The number of carbonyl (C=O) groups is 3. The van der Waals surface area contributed by atoms with Crippen LogP contribution in [0, 0.1) is 0 Å². The number of allylic oxidation sites excluding steroid dienone is 1. The number of anilines is 1. The van der Waals surface area contributed by atoms with Gasteiger partial charge in [-0.2, -0.15) is 0 Å². The van der Waals surface area contributed by atoms with Crippen molar-refractivity contribution in [1.82, 2.24) is 5.32 Å². The van der Waals surface area contributed by atoms with Crippen molar-refractivity contribution in [2.45, 2.75) is 19.3 Å². The van der Waals surface area contributed by atoms with Crippen LogP contribution >= 0.6 is 11.8 Å². The lowest BCUT2D eigenvalue weighted by Gasteiger charge is -2.23. The normalized spacial score (nSPS) is 18.0. The molecule has 6 nitrogen and oxygen atoms in total. The van der Waals surface area contributed by atoms with Gasteiger partial charge >= 0.3 is 0 Å². The van der Waals surface area contributed by atoms with E-state index in [1.165, 1.54) is 6.07 Å². The number of fused-ring (bicyclic) bond motifs is 1. The molecule has 0 saturated carbocycles. The van der Waals surface area contributed by atoms with Crippen LogP contribution in [-0.4, -0.2) is 22.2 Å². The second-order valence-corrected chi connectivity index (χ2v) is 7.33. The molecule has 4 rings (SSSR count). The molecular formula is C20H16N2O4S. The first-order chi connectivity index (χ1) is 13.0. The number of aromatic hydroxyl groups is 1. The molecule has 0 aromatic heterocycles. The lowest BCUT2D eigenvalue weighted by atomic mass is 9.89. The van der Waals surface area contributed by atoms with Gasteiger partial charge in [0, 0.05) is 6.42 Å². The average Bonchev–Trinajstić information content (AvgIpc) is 3.00. The van der Waals surface area contributed by atoms with Crippen LogP contribution < -0.4 is 10.6 Å². The predicted octanol–water partition coefficient (Wildman–Crippen LogP) is 3.21. The summed E-state index contributed by atoms with van der Waals surface area (Å²) in [4.78, 5) is 36.2. The third kappa shape index (κ3) is 3.33. The van der Waals surface area contributed by atoms with Gasteiger partial charge in [-0.25, -0.2) is 0 Å². The Hall–Kier alpha value is -3.06. The molecule has 2 aliphatic rings. The third-order valence-electron chi connectivity index (χ3n) is 4.60. The van der Waals surface area contributed by atoms with E-state index in [9.17, 15) is 19.5 Å². The van der Waals surface area contributed by atoms with Crippen molar-refractivity contribution < 1.29 is 19.5 Å². The van der Waals surface area contributed by atoms with Crippen LogP contribution in [0.2, 0.25) is 0 Å². The van der Waals surface area contributed by atoms with E-state index in [1.54, 1.807) is 6.07 Å². The maximum absolute atomic E-state index is 12.3. The number of benzene rings is 2. The van der Waals surface area contributed by atoms with Crippen LogP contribution in [0.3, 0.4) is 0 Å². The SMILES string of the molecule is O=C1CCc2c(C(Cc3ccccc3)=C3SC(=O)NC3=O)ccc(O)c2N1. The van der Waals surface area contributed by atoms with Crippen molar-refractivity contribution in [3.05, 3.63) is 64.1 Å². The van der Waals surface area contributed by atoms with Crippen LogP contribution in [0.5, 0.6) is 5.75 Å². The van der Waals surface area contributed by atoms with Crippen molar-refractivity contribution in [2.24, 2.45) is 0 Å². The molecule has 0 atom stereocenters. The smallest absolute Gasteiger partial charge is 0.290 e. The van der Waals surface area contributed by atoms with Gasteiger partial charge in [0.25, 0.3) is 11.1 Å². The minimum atomic E-state index is -0.419. The molecule has 2 aromatic carbocycles. The first-order valence-corrected chi connectivity index (χ1v) is 9.30. The molecule has 0 unspecified atom stereocenters. The Balaban J connectivity index is 1.89. The summed E-state index contributed by atoms with van der Waals surface area (Å²) in [5, 5.41) is 14.8. The Kier molecular flexibility index (Phi) is 4.45. The van der Waals surface area contributed by atoms with Crippen molar-refractivity contribution in [3.8, 4) is 5.75 Å². The Bertz CT molecular complexity index is 999. The maximum Gasteiger partial charge on any atom is 0.290 e. The van der Waals surface area contributed by atoms with Crippen LogP contribution in [0.4, 0.5) is 10.5 Å². The molecule has 3 N–H and O–H groups in total. The number of thioether (sulfide) groups is 1. The van der Waals surface area contributed by atoms with E-state index in [1.807, 2.05) is 30.3 Å². The molecule has 2 aromatic rings. The monoisotopic (exact) mass is 380 g/mol. The van der Waals surface area contributed by atoms with E-state index in [2.05, 4.69) is 10.6 Å². The summed E-state index contributed by atoms with van der Waals surface area (Å²) in [5.74, 6) is -0.585. The minimum absolute atomic E-state index is 0.00883. The second-order valence-electron chi connectivity index (χ2n) is 6.35. The zero-order valence-electron chi connectivity index (χ0n) is 14.2. The molecule has 7 heteroatoms. The largest absolute Gasteiger partial charge is 0.506 e. The number of hydrogen-bond donors (Lipinski definition) is 3. The molecule has 3 amide bonds. The Labute approximate surface area is 159 Å². The van der Waals surface area contributed by atoms with Crippen molar-refractivity contribution >= 4 is 40.1 Å². The van der Waals surface area contributed by atoms with E-state index in [-0.39, 0.29) is 11.7 Å². The fourth-order valence-electron chi connectivity index (χ4n) is 3.37. The Morgan fingerprint density at radius 3 is 2.48 bits per heavy atom. The zero-order valence-corrected chi connectivity index (χ0v) is 15.1. The molecule has 2 heterocycles. The highest BCUT2D eigenvalue weighted by Crippen LogP contribution is 2.41. The summed E-state index contributed by atoms with van der Waals surface area (Å²) in [7, 11) is 0. The summed E-state index contributed by atoms with van der Waals surface area (Å²) in [6.45, 7) is 0. The molecule has 1 saturated heterocycles. The number of phenolic OH excluding ortho intramolecular Hbond substituents is 1. The van der Waals surface area contributed by atoms with Gasteiger partial charge in [-0.3, -0.25) is 19.7 Å². The second kappa shape index (κ2) is 6.92. The quantitative estimate of drug-likeness (QED) is 0.561. The van der Waals surface area contributed by atoms with E-state index >= 15 is 0 Å². The minimum Gasteiger partial charge on any atom is -0.506 e. The number of phenols is 1. The van der Waals surface area contributed by atoms with Crippen LogP contribution in [-0.2, 0) is 22.4 Å². The molecule has 136 valence electrons. The number of nitrogens with one attached hydrogen (secondary N) is 2. The predicted molar refractivity (Wildman–Crippen MR) is 103 cm³/mol. The van der Waals surface area contributed by atoms with Crippen molar-refractivity contribution in [1.29, 1.82) is 0 Å². The average molecular weight is 380 g/mol. The fraction of sp³-hybridized carbons (Fsp3) is 0.150. The van der Waals surface area contributed by atoms with Crippen LogP contribution in [0.25, 0.3) is 5.57 Å². The van der Waals surface area contributed by atoms with E-state index in [4.69, 9.17) is 0 Å². The molecule has 0 bridgehead atoms. The highest BCUT2D eigenvalue weighted by molar-refractivity contribution is 8.18. The molecule has 0 aliphatic carbocycles. The van der Waals surface area contributed by atoms with Gasteiger partial charge in [0.15, 0.2) is 0 Å². The molecule has 0 spiro atoms. The standard InChI is InChI=1S/C20H16N2O4S/c23-15-8-6-12(13-7-9-16(24)21-17(13)15)14(10-11-4-2-1-3-5-11)18-19(25)22-20(26)27-18/h1-6,8,23H,7,9-10H2,(H,21,24)(H,22,25,26). The molecule has 27 heavy (non-hydrogen) atoms. The van der Waals surface area contributed by atoms with Gasteiger partial charge in [-0.05, 0) is 52.9 Å². The van der Waals surface area contributed by atoms with Crippen LogP contribution in [0.15, 0.2) is 47.4 Å². The first kappa shape index (κ1) is 17.4. The summed E-state index contributed by atoms with van der Waals surface area (Å²) in [6.07, 6.45) is 1.21. The van der Waals surface area contributed by atoms with E-state index in [0.717, 1.165) is 28.5 Å². The number of imide groups is 1. The molecule has 1 fully saturated rings. The Morgan fingerprint density at radius 2 is 1.78 bits per heavy atom. The summed E-state index contributed by atoms with van der Waals surface area (Å²) >= 11 is 0.881. The van der Waals surface area contributed by atoms with Crippen molar-refractivity contribution in [2.75, 3.05) is 5.32 Å². The highest BCUT2D eigenvalue weighted by atomic mass is 32.2. The zero-order chi connectivity index (χ0) is 19.0. The number of rotatable bonds is 3. The Morgan fingerprint density at radius 1 is 1.00 bits per heavy atom. The summed E-state index contributed by atoms with van der Waals surface area (Å²) in [5.41, 5.74) is 3.63. The molecule has 0 radical (unpaired) electrons. The first-order valence-electron chi connectivity index (χ1n) is 8.48. The van der Waals surface area contributed by atoms with E-state index in [0.29, 0.717) is 35.4 Å². The molecule has 2 aliphatic heterocycles. The molecular weight excluding hydrogens is 364 g/mol. The third-order valence-corrected chi connectivity index (χ3v) is 5.52. The topological polar surface area (TPSA) is 95.5 Å². The van der Waals surface area contributed by atoms with Gasteiger partial charge in [0.1, 0.15) is 5.75 Å². The van der Waals surface area contributed by atoms with Crippen molar-refractivity contribution in [3.63, 3.8) is 0 Å². The maximum atomic E-state index is 12.3. The number of amides is 3. The van der Waals surface area contributed by atoms with Gasteiger partial charge in [-0.1, -0.05) is 36.4 Å². The summed E-state index contributed by atoms with van der Waals surface area (Å²) in [6, 6.07) is 12.9. The van der Waals surface area contributed by atoms with E-state index < -0.39 is 11.1 Å².